The van der Waals surface area contributed by atoms with E-state index in [2.05, 4.69) is 0 Å². The van der Waals surface area contributed by atoms with Crippen LogP contribution in [0.2, 0.25) is 5.02 Å². The smallest absolute Gasteiger partial charge is 0.341 e. The van der Waals surface area contributed by atoms with Gasteiger partial charge in [-0.25, -0.2) is 4.79 Å². The van der Waals surface area contributed by atoms with Gasteiger partial charge >= 0.3 is 5.97 Å². The quantitative estimate of drug-likeness (QED) is 0.304. The van der Waals surface area contributed by atoms with Crippen LogP contribution in [0.15, 0.2) is 36.4 Å². The van der Waals surface area contributed by atoms with Crippen molar-refractivity contribution in [1.82, 2.24) is 0 Å². The number of carbonyl (C=O) groups is 1. The Balaban J connectivity index is 2.48. The second-order valence-corrected chi connectivity index (χ2v) is 5.83. The van der Waals surface area contributed by atoms with E-state index in [1.54, 1.807) is 19.1 Å². The number of carboxylic acids is 1. The summed E-state index contributed by atoms with van der Waals surface area (Å²) < 4.78 is 10.6. The molecule has 0 bridgehead atoms. The van der Waals surface area contributed by atoms with Crippen LogP contribution in [0.5, 0.6) is 11.5 Å². The summed E-state index contributed by atoms with van der Waals surface area (Å²) >= 11 is 6.19. The monoisotopic (exact) mass is 402 g/mol. The third-order valence-corrected chi connectivity index (χ3v) is 3.75. The van der Waals surface area contributed by atoms with Crippen molar-refractivity contribution in [3.8, 4) is 17.6 Å². The van der Waals surface area contributed by atoms with Gasteiger partial charge in [-0.05, 0) is 36.3 Å². The van der Waals surface area contributed by atoms with Crippen LogP contribution in [0.1, 0.15) is 18.1 Å². The van der Waals surface area contributed by atoms with Crippen LogP contribution in [0, 0.1) is 21.4 Å². The van der Waals surface area contributed by atoms with Crippen molar-refractivity contribution in [3.63, 3.8) is 0 Å². The fourth-order valence-electron chi connectivity index (χ4n) is 2.34. The third-order valence-electron chi connectivity index (χ3n) is 3.47. The lowest BCUT2D eigenvalue weighted by molar-refractivity contribution is -0.384. The summed E-state index contributed by atoms with van der Waals surface area (Å²) in [6.07, 6.45) is 1.49. The molecule has 0 aliphatic heterocycles. The summed E-state index contributed by atoms with van der Waals surface area (Å²) in [4.78, 5) is 21.1. The molecule has 0 aromatic heterocycles. The van der Waals surface area contributed by atoms with Gasteiger partial charge in [0.25, 0.3) is 5.69 Å². The summed E-state index contributed by atoms with van der Waals surface area (Å²) in [6.45, 7) is 1.43. The Bertz CT molecular complexity index is 981. The van der Waals surface area contributed by atoms with Crippen LogP contribution in [-0.4, -0.2) is 29.2 Å². The molecule has 2 aromatic carbocycles. The molecule has 0 unspecified atom stereocenters. The van der Waals surface area contributed by atoms with Crippen molar-refractivity contribution < 1.29 is 24.3 Å². The molecule has 0 saturated carbocycles. The summed E-state index contributed by atoms with van der Waals surface area (Å²) in [7, 11) is 0. The van der Waals surface area contributed by atoms with Gasteiger partial charge in [0.15, 0.2) is 18.1 Å². The fraction of sp³-hybridized carbons (Fsp3) is 0.158. The van der Waals surface area contributed by atoms with Crippen molar-refractivity contribution in [3.05, 3.63) is 62.7 Å². The number of allylic oxidation sites excluding steroid dienone is 1. The molecule has 144 valence electrons. The van der Waals surface area contributed by atoms with Crippen molar-refractivity contribution in [2.24, 2.45) is 0 Å². The zero-order chi connectivity index (χ0) is 20.7. The van der Waals surface area contributed by atoms with Crippen molar-refractivity contribution in [2.75, 3.05) is 13.2 Å². The number of nitrogens with zero attached hydrogens (tertiary/aromatic N) is 2. The maximum atomic E-state index is 10.9. The van der Waals surface area contributed by atoms with E-state index in [9.17, 15) is 20.2 Å². The minimum Gasteiger partial charge on any atom is -0.490 e. The highest BCUT2D eigenvalue weighted by Crippen LogP contribution is 2.37. The highest BCUT2D eigenvalue weighted by Gasteiger charge is 2.15. The van der Waals surface area contributed by atoms with Gasteiger partial charge in [0, 0.05) is 12.1 Å². The first-order valence-electron chi connectivity index (χ1n) is 8.03. The van der Waals surface area contributed by atoms with E-state index in [1.165, 1.54) is 30.3 Å². The van der Waals surface area contributed by atoms with Gasteiger partial charge < -0.3 is 14.6 Å². The topological polar surface area (TPSA) is 123 Å². The van der Waals surface area contributed by atoms with Gasteiger partial charge in [-0.2, -0.15) is 5.26 Å². The minimum absolute atomic E-state index is 0.0805. The van der Waals surface area contributed by atoms with Gasteiger partial charge in [0.05, 0.1) is 28.2 Å². The average molecular weight is 403 g/mol. The SMILES string of the molecule is CCOc1cc(/C=C(/C#N)c2cccc([N+](=O)[O-])c2)cc(Cl)c1OCC(=O)O. The van der Waals surface area contributed by atoms with Crippen molar-refractivity contribution in [1.29, 1.82) is 5.26 Å². The van der Waals surface area contributed by atoms with Crippen LogP contribution in [0.25, 0.3) is 11.6 Å². The zero-order valence-corrected chi connectivity index (χ0v) is 15.5. The Morgan fingerprint density at radius 3 is 2.71 bits per heavy atom. The Labute approximate surface area is 165 Å². The molecule has 2 aromatic rings. The summed E-state index contributed by atoms with van der Waals surface area (Å²) in [5, 5.41) is 29.3. The van der Waals surface area contributed by atoms with Gasteiger partial charge in [0.1, 0.15) is 0 Å². The lowest BCUT2D eigenvalue weighted by Crippen LogP contribution is -2.10. The highest BCUT2D eigenvalue weighted by atomic mass is 35.5. The van der Waals surface area contributed by atoms with Crippen LogP contribution in [-0.2, 0) is 4.79 Å². The van der Waals surface area contributed by atoms with E-state index in [-0.39, 0.29) is 34.4 Å². The van der Waals surface area contributed by atoms with Crippen molar-refractivity contribution >= 4 is 34.9 Å². The van der Waals surface area contributed by atoms with E-state index >= 15 is 0 Å². The lowest BCUT2D eigenvalue weighted by Gasteiger charge is -2.13. The molecule has 0 amide bonds. The van der Waals surface area contributed by atoms with Gasteiger partial charge in [-0.15, -0.1) is 0 Å². The number of nitro groups is 1. The number of hydrogen-bond acceptors (Lipinski definition) is 6. The molecule has 0 atom stereocenters. The van der Waals surface area contributed by atoms with Gasteiger partial charge in [0.2, 0.25) is 0 Å². The molecule has 8 nitrogen and oxygen atoms in total. The fourth-order valence-corrected chi connectivity index (χ4v) is 2.62. The summed E-state index contributed by atoms with van der Waals surface area (Å²) in [5.74, 6) is -0.865. The molecule has 1 N–H and O–H groups in total. The number of non-ortho nitro benzene ring substituents is 1. The molecule has 0 heterocycles. The van der Waals surface area contributed by atoms with Crippen LogP contribution in [0.3, 0.4) is 0 Å². The largest absolute Gasteiger partial charge is 0.490 e. The molecule has 9 heteroatoms. The Morgan fingerprint density at radius 1 is 1.36 bits per heavy atom. The maximum absolute atomic E-state index is 10.9. The Kier molecular flexibility index (Phi) is 6.96. The number of halogens is 1. The van der Waals surface area contributed by atoms with E-state index in [1.807, 2.05) is 6.07 Å². The van der Waals surface area contributed by atoms with Crippen LogP contribution >= 0.6 is 11.6 Å². The van der Waals surface area contributed by atoms with Crippen molar-refractivity contribution in [2.45, 2.75) is 6.92 Å². The second kappa shape index (κ2) is 9.39. The average Bonchev–Trinajstić information content (AvgIpc) is 2.65. The second-order valence-electron chi connectivity index (χ2n) is 5.42. The normalized spacial score (nSPS) is 10.8. The molecule has 0 saturated heterocycles. The number of aliphatic carboxylic acids is 1. The number of benzene rings is 2. The Morgan fingerprint density at radius 2 is 2.11 bits per heavy atom. The predicted octanol–water partition coefficient (Wildman–Crippen LogP) is 4.17. The van der Waals surface area contributed by atoms with E-state index in [0.29, 0.717) is 11.1 Å². The molecule has 0 spiro atoms. The van der Waals surface area contributed by atoms with Crippen LogP contribution < -0.4 is 9.47 Å². The van der Waals surface area contributed by atoms with Gasteiger partial charge in [-0.1, -0.05) is 23.7 Å². The number of hydrogen-bond donors (Lipinski definition) is 1. The molecular formula is C19H15ClN2O6. The third kappa shape index (κ3) is 5.22. The van der Waals surface area contributed by atoms with Crippen LogP contribution in [0.4, 0.5) is 5.69 Å². The lowest BCUT2D eigenvalue weighted by atomic mass is 10.0. The number of rotatable bonds is 8. The van der Waals surface area contributed by atoms with Gasteiger partial charge in [-0.3, -0.25) is 10.1 Å². The predicted molar refractivity (Wildman–Crippen MR) is 102 cm³/mol. The number of ether oxygens (including phenoxy) is 2. The standard InChI is InChI=1S/C19H15ClN2O6/c1-2-27-17-8-12(7-16(20)19(17)28-11-18(23)24)6-14(10-21)13-4-3-5-15(9-13)22(25)26/h3-9H,2,11H2,1H3,(H,23,24)/b14-6-. The number of carboxylic acid groups (broad SMARTS) is 1. The van der Waals surface area contributed by atoms with E-state index in [0.717, 1.165) is 0 Å². The minimum atomic E-state index is -1.17. The van der Waals surface area contributed by atoms with E-state index in [4.69, 9.17) is 26.2 Å². The number of nitriles is 1. The molecule has 0 fully saturated rings. The highest BCUT2D eigenvalue weighted by molar-refractivity contribution is 6.32. The first-order valence-corrected chi connectivity index (χ1v) is 8.41. The first kappa shape index (κ1) is 20.7. The summed E-state index contributed by atoms with van der Waals surface area (Å²) in [6, 6.07) is 10.7. The zero-order valence-electron chi connectivity index (χ0n) is 14.7. The summed E-state index contributed by atoms with van der Waals surface area (Å²) in [5.41, 5.74) is 0.904. The van der Waals surface area contributed by atoms with E-state index < -0.39 is 17.5 Å². The molecule has 2 rings (SSSR count). The molecule has 28 heavy (non-hydrogen) atoms. The molecular weight excluding hydrogens is 388 g/mol. The molecule has 0 aliphatic carbocycles. The number of nitro benzene ring substituents is 1. The Hall–Kier alpha value is -3.57. The molecule has 0 radical (unpaired) electrons. The first-order chi connectivity index (χ1) is 13.3. The maximum Gasteiger partial charge on any atom is 0.341 e. The molecule has 0 aliphatic rings.